The van der Waals surface area contributed by atoms with Crippen molar-refractivity contribution in [2.75, 3.05) is 13.1 Å². The lowest BCUT2D eigenvalue weighted by Gasteiger charge is -2.21. The summed E-state index contributed by atoms with van der Waals surface area (Å²) < 4.78 is 0. The predicted molar refractivity (Wildman–Crippen MR) is 81.1 cm³/mol. The number of amides is 2. The number of nitrogens with one attached hydrogen (secondary N) is 3. The van der Waals surface area contributed by atoms with Gasteiger partial charge in [0.1, 0.15) is 12.1 Å². The minimum atomic E-state index is -1.11. The third-order valence-electron chi connectivity index (χ3n) is 3.69. The van der Waals surface area contributed by atoms with Crippen molar-refractivity contribution < 1.29 is 19.5 Å². The molecular formula is C14H26N4O4. The van der Waals surface area contributed by atoms with Crippen LogP contribution in [-0.2, 0) is 14.4 Å². The molecule has 2 amide bonds. The molecule has 0 aliphatic carbocycles. The summed E-state index contributed by atoms with van der Waals surface area (Å²) in [6.45, 7) is 2.69. The predicted octanol–water partition coefficient (Wildman–Crippen LogP) is -1.06. The molecule has 0 aromatic heterocycles. The Balaban J connectivity index is 2.58. The topological polar surface area (TPSA) is 134 Å². The van der Waals surface area contributed by atoms with E-state index >= 15 is 0 Å². The molecule has 8 nitrogen and oxygen atoms in total. The lowest BCUT2D eigenvalue weighted by molar-refractivity contribution is -0.141. The third kappa shape index (κ3) is 5.98. The Kier molecular flexibility index (Phi) is 7.83. The second kappa shape index (κ2) is 9.37. The van der Waals surface area contributed by atoms with Crippen molar-refractivity contribution >= 4 is 17.8 Å². The van der Waals surface area contributed by atoms with Gasteiger partial charge >= 0.3 is 5.97 Å². The van der Waals surface area contributed by atoms with Crippen molar-refractivity contribution in [3.63, 3.8) is 0 Å². The number of hydrogen-bond donors (Lipinski definition) is 5. The van der Waals surface area contributed by atoms with Crippen molar-refractivity contribution in [1.82, 2.24) is 16.0 Å². The summed E-state index contributed by atoms with van der Waals surface area (Å²) in [7, 11) is 0. The number of nitrogens with two attached hydrogens (primary N) is 1. The quantitative estimate of drug-likeness (QED) is 0.345. The Morgan fingerprint density at radius 1 is 1.32 bits per heavy atom. The normalized spacial score (nSPS) is 20.2. The van der Waals surface area contributed by atoms with Crippen LogP contribution in [-0.4, -0.2) is 54.1 Å². The second-order valence-electron chi connectivity index (χ2n) is 5.56. The van der Waals surface area contributed by atoms with E-state index in [0.717, 1.165) is 25.8 Å². The summed E-state index contributed by atoms with van der Waals surface area (Å²) in [5.74, 6) is -1.80. The van der Waals surface area contributed by atoms with Gasteiger partial charge in [-0.15, -0.1) is 0 Å². The Morgan fingerprint density at radius 2 is 2.05 bits per heavy atom. The van der Waals surface area contributed by atoms with Crippen LogP contribution in [0.2, 0.25) is 0 Å². The Labute approximate surface area is 130 Å². The molecule has 1 aliphatic heterocycles. The Morgan fingerprint density at radius 3 is 2.59 bits per heavy atom. The van der Waals surface area contributed by atoms with Crippen LogP contribution in [0.15, 0.2) is 0 Å². The van der Waals surface area contributed by atoms with E-state index in [9.17, 15) is 14.4 Å². The van der Waals surface area contributed by atoms with E-state index in [1.807, 2.05) is 0 Å². The highest BCUT2D eigenvalue weighted by atomic mass is 16.4. The SMILES string of the molecule is CC(NC(=O)C(CCCCN)NC(=O)C1CCCN1)C(=O)O. The smallest absolute Gasteiger partial charge is 0.325 e. The lowest BCUT2D eigenvalue weighted by atomic mass is 10.1. The van der Waals surface area contributed by atoms with E-state index in [1.54, 1.807) is 0 Å². The zero-order valence-corrected chi connectivity index (χ0v) is 12.9. The maximum atomic E-state index is 12.2. The average Bonchev–Trinajstić information content (AvgIpc) is 3.00. The van der Waals surface area contributed by atoms with E-state index < -0.39 is 24.0 Å². The van der Waals surface area contributed by atoms with Crippen molar-refractivity contribution in [2.24, 2.45) is 5.73 Å². The molecule has 0 aromatic rings. The average molecular weight is 314 g/mol. The first-order valence-electron chi connectivity index (χ1n) is 7.72. The molecule has 0 spiro atoms. The number of aliphatic carboxylic acids is 1. The summed E-state index contributed by atoms with van der Waals surface area (Å²) in [4.78, 5) is 35.1. The fraction of sp³-hybridized carbons (Fsp3) is 0.786. The van der Waals surface area contributed by atoms with Gasteiger partial charge in [0.05, 0.1) is 6.04 Å². The van der Waals surface area contributed by atoms with Gasteiger partial charge in [0, 0.05) is 0 Å². The molecule has 22 heavy (non-hydrogen) atoms. The van der Waals surface area contributed by atoms with Gasteiger partial charge in [-0.25, -0.2) is 0 Å². The van der Waals surface area contributed by atoms with Crippen molar-refractivity contribution in [1.29, 1.82) is 0 Å². The van der Waals surface area contributed by atoms with Crippen LogP contribution in [0.3, 0.4) is 0 Å². The van der Waals surface area contributed by atoms with Gasteiger partial charge in [-0.2, -0.15) is 0 Å². The number of carboxylic acid groups (broad SMARTS) is 1. The van der Waals surface area contributed by atoms with E-state index in [4.69, 9.17) is 10.8 Å². The molecular weight excluding hydrogens is 288 g/mol. The molecule has 3 unspecified atom stereocenters. The largest absolute Gasteiger partial charge is 0.480 e. The molecule has 0 bridgehead atoms. The molecule has 3 atom stereocenters. The molecule has 1 aliphatic rings. The number of carbonyl (C=O) groups excluding carboxylic acids is 2. The first-order chi connectivity index (χ1) is 10.5. The van der Waals surface area contributed by atoms with Crippen LogP contribution in [0.5, 0.6) is 0 Å². The van der Waals surface area contributed by atoms with Gasteiger partial charge in [-0.05, 0) is 52.1 Å². The van der Waals surface area contributed by atoms with Crippen LogP contribution >= 0.6 is 0 Å². The molecule has 1 saturated heterocycles. The lowest BCUT2D eigenvalue weighted by Crippen LogP contribution is -2.53. The van der Waals surface area contributed by atoms with Gasteiger partial charge in [0.15, 0.2) is 0 Å². The number of unbranched alkanes of at least 4 members (excludes halogenated alkanes) is 1. The van der Waals surface area contributed by atoms with E-state index in [1.165, 1.54) is 6.92 Å². The molecule has 6 N–H and O–H groups in total. The van der Waals surface area contributed by atoms with Crippen LogP contribution in [0.1, 0.15) is 39.0 Å². The van der Waals surface area contributed by atoms with Gasteiger partial charge in [0.2, 0.25) is 11.8 Å². The molecule has 1 heterocycles. The molecule has 1 fully saturated rings. The summed E-state index contributed by atoms with van der Waals surface area (Å²) in [6, 6.07) is -2.00. The zero-order valence-electron chi connectivity index (χ0n) is 12.9. The first kappa shape index (κ1) is 18.4. The van der Waals surface area contributed by atoms with Crippen LogP contribution < -0.4 is 21.7 Å². The fourth-order valence-electron chi connectivity index (χ4n) is 2.32. The Bertz CT molecular complexity index is 396. The van der Waals surface area contributed by atoms with Gasteiger partial charge < -0.3 is 26.8 Å². The standard InChI is InChI=1S/C14H26N4O4/c1-9(14(21)22)17-13(20)11(5-2-3-7-15)18-12(19)10-6-4-8-16-10/h9-11,16H,2-8,15H2,1H3,(H,17,20)(H,18,19)(H,21,22). The van der Waals surface area contributed by atoms with Crippen molar-refractivity contribution in [3.05, 3.63) is 0 Å². The maximum absolute atomic E-state index is 12.2. The Hall–Kier alpha value is -1.67. The molecule has 126 valence electrons. The number of rotatable bonds is 9. The second-order valence-corrected chi connectivity index (χ2v) is 5.56. The van der Waals surface area contributed by atoms with Crippen LogP contribution in [0.25, 0.3) is 0 Å². The molecule has 0 aromatic carbocycles. The summed E-state index contributed by atoms with van der Waals surface area (Å²) >= 11 is 0. The summed E-state index contributed by atoms with van der Waals surface area (Å²) in [5, 5.41) is 17.0. The first-order valence-corrected chi connectivity index (χ1v) is 7.72. The van der Waals surface area contributed by atoms with Crippen molar-refractivity contribution in [2.45, 2.75) is 57.2 Å². The molecule has 0 radical (unpaired) electrons. The van der Waals surface area contributed by atoms with Crippen LogP contribution in [0.4, 0.5) is 0 Å². The maximum Gasteiger partial charge on any atom is 0.325 e. The number of carboxylic acids is 1. The minimum Gasteiger partial charge on any atom is -0.480 e. The van der Waals surface area contributed by atoms with E-state index in [0.29, 0.717) is 19.4 Å². The molecule has 1 rings (SSSR count). The molecule has 0 saturated carbocycles. The highest BCUT2D eigenvalue weighted by Crippen LogP contribution is 2.07. The minimum absolute atomic E-state index is 0.214. The summed E-state index contributed by atoms with van der Waals surface area (Å²) in [6.07, 6.45) is 3.55. The van der Waals surface area contributed by atoms with Gasteiger partial charge in [0.25, 0.3) is 0 Å². The van der Waals surface area contributed by atoms with Crippen LogP contribution in [0, 0.1) is 0 Å². The van der Waals surface area contributed by atoms with Gasteiger partial charge in [-0.1, -0.05) is 0 Å². The van der Waals surface area contributed by atoms with E-state index in [-0.39, 0.29) is 11.9 Å². The highest BCUT2D eigenvalue weighted by Gasteiger charge is 2.28. The fourth-order valence-corrected chi connectivity index (χ4v) is 2.32. The summed E-state index contributed by atoms with van der Waals surface area (Å²) in [5.41, 5.74) is 5.44. The van der Waals surface area contributed by atoms with Gasteiger partial charge in [-0.3, -0.25) is 14.4 Å². The monoisotopic (exact) mass is 314 g/mol. The van der Waals surface area contributed by atoms with Crippen molar-refractivity contribution in [3.8, 4) is 0 Å². The highest BCUT2D eigenvalue weighted by molar-refractivity contribution is 5.91. The third-order valence-corrected chi connectivity index (χ3v) is 3.69. The number of hydrogen-bond acceptors (Lipinski definition) is 5. The zero-order chi connectivity index (χ0) is 16.5. The molecule has 8 heteroatoms. The van der Waals surface area contributed by atoms with E-state index in [2.05, 4.69) is 16.0 Å². The number of carbonyl (C=O) groups is 3.